The van der Waals surface area contributed by atoms with Gasteiger partial charge in [0.1, 0.15) is 23.8 Å². The number of rotatable bonds is 2. The molecule has 0 spiro atoms. The molecule has 0 heterocycles. The molecule has 70 valence electrons. The molecule has 0 saturated heterocycles. The van der Waals surface area contributed by atoms with E-state index in [1.807, 2.05) is 0 Å². The molecule has 0 atom stereocenters. The van der Waals surface area contributed by atoms with Crippen LogP contribution in [0.25, 0.3) is 0 Å². The van der Waals surface area contributed by atoms with Crippen LogP contribution in [0.2, 0.25) is 0 Å². The van der Waals surface area contributed by atoms with Crippen molar-refractivity contribution in [3.05, 3.63) is 23.8 Å². The molecule has 0 aromatic heterocycles. The van der Waals surface area contributed by atoms with Gasteiger partial charge in [-0.25, -0.2) is 4.79 Å². The second-order valence-electron chi connectivity index (χ2n) is 2.30. The molecule has 0 saturated carbocycles. The monoisotopic (exact) mass is 183 g/mol. The van der Waals surface area contributed by atoms with Gasteiger partial charge in [0.05, 0.1) is 0 Å². The van der Waals surface area contributed by atoms with E-state index in [0.717, 1.165) is 6.07 Å². The Morgan fingerprint density at radius 1 is 1.46 bits per heavy atom. The number of esters is 1. The largest absolute Gasteiger partial charge is 0.508 e. The first-order valence-corrected chi connectivity index (χ1v) is 3.54. The SMILES string of the molecule is NCOC(=O)c1ccc(O)cc1O. The number of hydrogen-bond acceptors (Lipinski definition) is 5. The summed E-state index contributed by atoms with van der Waals surface area (Å²) in [7, 11) is 0. The average Bonchev–Trinajstić information content (AvgIpc) is 2.04. The first-order chi connectivity index (χ1) is 6.15. The van der Waals surface area contributed by atoms with Gasteiger partial charge in [0.15, 0.2) is 0 Å². The highest BCUT2D eigenvalue weighted by molar-refractivity contribution is 5.92. The van der Waals surface area contributed by atoms with Crippen molar-refractivity contribution in [2.45, 2.75) is 0 Å². The Labute approximate surface area is 74.4 Å². The summed E-state index contributed by atoms with van der Waals surface area (Å²) in [6.45, 7) is -0.251. The number of ether oxygens (including phenoxy) is 1. The Kier molecular flexibility index (Phi) is 2.71. The van der Waals surface area contributed by atoms with Gasteiger partial charge in [0.2, 0.25) is 0 Å². The number of phenols is 2. The number of carbonyl (C=O) groups excluding carboxylic acids is 1. The third kappa shape index (κ3) is 2.09. The standard InChI is InChI=1S/C8H9NO4/c9-4-13-8(12)6-2-1-5(10)3-7(6)11/h1-3,10-11H,4,9H2. The van der Waals surface area contributed by atoms with E-state index in [2.05, 4.69) is 4.74 Å². The van der Waals surface area contributed by atoms with Crippen molar-refractivity contribution >= 4 is 5.97 Å². The molecule has 1 rings (SSSR count). The van der Waals surface area contributed by atoms with Crippen LogP contribution in [0.4, 0.5) is 0 Å². The van der Waals surface area contributed by atoms with E-state index >= 15 is 0 Å². The lowest BCUT2D eigenvalue weighted by Gasteiger charge is -2.03. The van der Waals surface area contributed by atoms with Gasteiger partial charge in [-0.2, -0.15) is 0 Å². The number of phenolic OH excluding ortho intramolecular Hbond substituents is 2. The zero-order valence-electron chi connectivity index (χ0n) is 6.73. The fraction of sp³-hybridized carbons (Fsp3) is 0.125. The summed E-state index contributed by atoms with van der Waals surface area (Å²) in [6.07, 6.45) is 0. The molecular formula is C8H9NO4. The van der Waals surface area contributed by atoms with Gasteiger partial charge >= 0.3 is 5.97 Å². The van der Waals surface area contributed by atoms with Gasteiger partial charge < -0.3 is 14.9 Å². The Morgan fingerprint density at radius 3 is 2.69 bits per heavy atom. The highest BCUT2D eigenvalue weighted by atomic mass is 16.5. The molecule has 0 fully saturated rings. The normalized spacial score (nSPS) is 9.62. The summed E-state index contributed by atoms with van der Waals surface area (Å²) >= 11 is 0. The van der Waals surface area contributed by atoms with Crippen LogP contribution in [-0.4, -0.2) is 22.9 Å². The van der Waals surface area contributed by atoms with Gasteiger partial charge in [-0.15, -0.1) is 0 Å². The Balaban J connectivity index is 2.95. The van der Waals surface area contributed by atoms with Crippen LogP contribution in [0.1, 0.15) is 10.4 Å². The van der Waals surface area contributed by atoms with Crippen molar-refractivity contribution in [2.24, 2.45) is 5.73 Å². The third-order valence-electron chi connectivity index (χ3n) is 1.42. The number of hydrogen-bond donors (Lipinski definition) is 3. The summed E-state index contributed by atoms with van der Waals surface area (Å²) in [5.41, 5.74) is 4.95. The predicted molar refractivity (Wildman–Crippen MR) is 44.2 cm³/mol. The Morgan fingerprint density at radius 2 is 2.15 bits per heavy atom. The second-order valence-corrected chi connectivity index (χ2v) is 2.30. The van der Waals surface area contributed by atoms with Gasteiger partial charge in [-0.05, 0) is 12.1 Å². The van der Waals surface area contributed by atoms with Crippen LogP contribution in [0.15, 0.2) is 18.2 Å². The van der Waals surface area contributed by atoms with Crippen LogP contribution < -0.4 is 5.73 Å². The lowest BCUT2D eigenvalue weighted by molar-refractivity contribution is 0.0512. The van der Waals surface area contributed by atoms with E-state index in [-0.39, 0.29) is 23.8 Å². The fourth-order valence-corrected chi connectivity index (χ4v) is 0.846. The van der Waals surface area contributed by atoms with Crippen LogP contribution in [0.3, 0.4) is 0 Å². The van der Waals surface area contributed by atoms with Crippen LogP contribution in [0, 0.1) is 0 Å². The van der Waals surface area contributed by atoms with Crippen molar-refractivity contribution < 1.29 is 19.7 Å². The molecule has 0 aliphatic carbocycles. The molecule has 0 radical (unpaired) electrons. The summed E-state index contributed by atoms with van der Waals surface area (Å²) < 4.78 is 4.45. The number of aromatic hydroxyl groups is 2. The minimum absolute atomic E-state index is 0.0248. The molecule has 4 N–H and O–H groups in total. The van der Waals surface area contributed by atoms with Crippen molar-refractivity contribution in [3.63, 3.8) is 0 Å². The van der Waals surface area contributed by atoms with Crippen molar-refractivity contribution in [2.75, 3.05) is 6.73 Å². The quantitative estimate of drug-likeness (QED) is 0.449. The highest BCUT2D eigenvalue weighted by Gasteiger charge is 2.11. The third-order valence-corrected chi connectivity index (χ3v) is 1.42. The van der Waals surface area contributed by atoms with E-state index in [1.54, 1.807) is 0 Å². The van der Waals surface area contributed by atoms with E-state index in [9.17, 15) is 9.90 Å². The maximum atomic E-state index is 11.0. The molecule has 0 unspecified atom stereocenters. The zero-order chi connectivity index (χ0) is 9.84. The first-order valence-electron chi connectivity index (χ1n) is 3.54. The average molecular weight is 183 g/mol. The topological polar surface area (TPSA) is 92.8 Å². The molecule has 0 aliphatic heterocycles. The summed E-state index contributed by atoms with van der Waals surface area (Å²) in [6, 6.07) is 3.57. The fourth-order valence-electron chi connectivity index (χ4n) is 0.846. The van der Waals surface area contributed by atoms with Gasteiger partial charge in [0.25, 0.3) is 0 Å². The molecular weight excluding hydrogens is 174 g/mol. The minimum atomic E-state index is -0.722. The van der Waals surface area contributed by atoms with E-state index in [0.29, 0.717) is 0 Å². The second kappa shape index (κ2) is 3.77. The van der Waals surface area contributed by atoms with E-state index in [1.165, 1.54) is 12.1 Å². The van der Waals surface area contributed by atoms with Crippen LogP contribution >= 0.6 is 0 Å². The molecule has 0 bridgehead atoms. The van der Waals surface area contributed by atoms with Gasteiger partial charge in [0, 0.05) is 6.07 Å². The van der Waals surface area contributed by atoms with Gasteiger partial charge in [-0.1, -0.05) is 0 Å². The van der Waals surface area contributed by atoms with E-state index < -0.39 is 5.97 Å². The first kappa shape index (κ1) is 9.34. The maximum Gasteiger partial charge on any atom is 0.343 e. The lowest BCUT2D eigenvalue weighted by atomic mass is 10.2. The molecule has 5 heteroatoms. The number of carbonyl (C=O) groups is 1. The molecule has 1 aromatic rings. The number of nitrogens with two attached hydrogens (primary N) is 1. The van der Waals surface area contributed by atoms with E-state index in [4.69, 9.17) is 10.8 Å². The van der Waals surface area contributed by atoms with Gasteiger partial charge in [-0.3, -0.25) is 5.73 Å². The summed E-state index contributed by atoms with van der Waals surface area (Å²) in [4.78, 5) is 11.0. The summed E-state index contributed by atoms with van der Waals surface area (Å²) in [5, 5.41) is 18.1. The zero-order valence-corrected chi connectivity index (χ0v) is 6.73. The van der Waals surface area contributed by atoms with Crippen molar-refractivity contribution in [3.8, 4) is 11.5 Å². The molecule has 5 nitrogen and oxygen atoms in total. The van der Waals surface area contributed by atoms with Crippen LogP contribution in [-0.2, 0) is 4.74 Å². The Bertz CT molecular complexity index is 324. The predicted octanol–water partition coefficient (Wildman–Crippen LogP) is 0.171. The molecule has 0 amide bonds. The molecule has 0 aliphatic rings. The summed E-state index contributed by atoms with van der Waals surface area (Å²) in [5.74, 6) is -1.18. The minimum Gasteiger partial charge on any atom is -0.508 e. The van der Waals surface area contributed by atoms with Crippen LogP contribution in [0.5, 0.6) is 11.5 Å². The molecule has 1 aromatic carbocycles. The highest BCUT2D eigenvalue weighted by Crippen LogP contribution is 2.22. The smallest absolute Gasteiger partial charge is 0.343 e. The molecule has 13 heavy (non-hydrogen) atoms. The maximum absolute atomic E-state index is 11.0. The van der Waals surface area contributed by atoms with Crippen molar-refractivity contribution in [1.29, 1.82) is 0 Å². The Hall–Kier alpha value is -1.75. The lowest BCUT2D eigenvalue weighted by Crippen LogP contribution is -2.12. The van der Waals surface area contributed by atoms with Crippen molar-refractivity contribution in [1.82, 2.24) is 0 Å². The number of benzene rings is 1.